The first-order valence-corrected chi connectivity index (χ1v) is 7.53. The third-order valence-electron chi connectivity index (χ3n) is 3.91. The lowest BCUT2D eigenvalue weighted by molar-refractivity contribution is -0.189. The van der Waals surface area contributed by atoms with Crippen molar-refractivity contribution in [3.05, 3.63) is 0 Å². The van der Waals surface area contributed by atoms with Gasteiger partial charge in [0.15, 0.2) is 0 Å². The minimum atomic E-state index is -0.752. The minimum Gasteiger partial charge on any atom is -0.433 e. The Hall–Kier alpha value is -0.600. The summed E-state index contributed by atoms with van der Waals surface area (Å²) in [6.07, 6.45) is -0.546. The zero-order valence-corrected chi connectivity index (χ0v) is 12.5. The van der Waals surface area contributed by atoms with E-state index in [0.29, 0.717) is 6.61 Å². The van der Waals surface area contributed by atoms with Gasteiger partial charge in [0.25, 0.3) is 0 Å². The van der Waals surface area contributed by atoms with Gasteiger partial charge in [0.1, 0.15) is 18.3 Å². The fourth-order valence-corrected chi connectivity index (χ4v) is 2.94. The largest absolute Gasteiger partial charge is 0.457 e. The second-order valence-electron chi connectivity index (χ2n) is 5.46. The van der Waals surface area contributed by atoms with Crippen LogP contribution in [-0.2, 0) is 32.9 Å². The second kappa shape index (κ2) is 6.26. The number of esters is 1. The molecule has 0 amide bonds. The molecule has 3 rings (SSSR count). The summed E-state index contributed by atoms with van der Waals surface area (Å²) in [6.45, 7) is 5.76. The molecule has 0 aromatic heterocycles. The molecule has 0 aromatic carbocycles. The predicted octanol–water partition coefficient (Wildman–Crippen LogP) is 0.490. The van der Waals surface area contributed by atoms with E-state index < -0.39 is 18.4 Å². The minimum absolute atomic E-state index is 0.214. The van der Waals surface area contributed by atoms with Crippen LogP contribution in [0.2, 0.25) is 12.6 Å². The van der Waals surface area contributed by atoms with E-state index in [0.717, 1.165) is 12.6 Å². The Morgan fingerprint density at radius 2 is 1.81 bits per heavy atom. The SMILES string of the molecule is CCB1OCC(C2OC(OC(C)=O)C3OB(CC)OC23)O1. The number of hydrogen-bond donors (Lipinski definition) is 0. The molecule has 21 heavy (non-hydrogen) atoms. The van der Waals surface area contributed by atoms with E-state index >= 15 is 0 Å². The van der Waals surface area contributed by atoms with Crippen LogP contribution in [0.5, 0.6) is 0 Å². The number of carbonyl (C=O) groups excluding carboxylic acids is 1. The van der Waals surface area contributed by atoms with Crippen LogP contribution in [0.1, 0.15) is 20.8 Å². The Morgan fingerprint density at radius 3 is 2.43 bits per heavy atom. The summed E-state index contributed by atoms with van der Waals surface area (Å²) >= 11 is 0. The van der Waals surface area contributed by atoms with Crippen molar-refractivity contribution in [1.82, 2.24) is 0 Å². The van der Waals surface area contributed by atoms with Crippen LogP contribution >= 0.6 is 0 Å². The monoisotopic (exact) mass is 298 g/mol. The van der Waals surface area contributed by atoms with E-state index in [-0.39, 0.29) is 32.5 Å². The van der Waals surface area contributed by atoms with Crippen LogP contribution in [-0.4, -0.2) is 57.5 Å². The van der Waals surface area contributed by atoms with E-state index in [1.54, 1.807) is 0 Å². The molecular formula is C12H20B2O7. The molecule has 3 fully saturated rings. The molecule has 3 heterocycles. The Morgan fingerprint density at radius 1 is 1.10 bits per heavy atom. The van der Waals surface area contributed by atoms with Crippen LogP contribution < -0.4 is 0 Å². The van der Waals surface area contributed by atoms with Gasteiger partial charge in [0.2, 0.25) is 6.29 Å². The van der Waals surface area contributed by atoms with Gasteiger partial charge in [-0.3, -0.25) is 4.79 Å². The first kappa shape index (κ1) is 15.3. The van der Waals surface area contributed by atoms with Crippen LogP contribution in [0, 0.1) is 0 Å². The van der Waals surface area contributed by atoms with Gasteiger partial charge in [0, 0.05) is 6.92 Å². The normalized spacial score (nSPS) is 38.9. The lowest BCUT2D eigenvalue weighted by Gasteiger charge is -2.22. The van der Waals surface area contributed by atoms with E-state index in [4.69, 9.17) is 28.1 Å². The Balaban J connectivity index is 1.70. The topological polar surface area (TPSA) is 72.5 Å². The average Bonchev–Trinajstić information content (AvgIpc) is 3.13. The van der Waals surface area contributed by atoms with Crippen molar-refractivity contribution in [2.45, 2.75) is 64.1 Å². The number of rotatable bonds is 4. The van der Waals surface area contributed by atoms with Crippen LogP contribution in [0.3, 0.4) is 0 Å². The van der Waals surface area contributed by atoms with Crippen molar-refractivity contribution >= 4 is 20.2 Å². The molecular weight excluding hydrogens is 278 g/mol. The number of ether oxygens (including phenoxy) is 2. The highest BCUT2D eigenvalue weighted by molar-refractivity contribution is 6.45. The lowest BCUT2D eigenvalue weighted by Crippen LogP contribution is -2.39. The van der Waals surface area contributed by atoms with Gasteiger partial charge in [0.05, 0.1) is 12.7 Å². The summed E-state index contributed by atoms with van der Waals surface area (Å²) in [5.41, 5.74) is 0. The third-order valence-corrected chi connectivity index (χ3v) is 3.91. The van der Waals surface area contributed by atoms with Crippen LogP contribution in [0.15, 0.2) is 0 Å². The van der Waals surface area contributed by atoms with Crippen molar-refractivity contribution in [2.24, 2.45) is 0 Å². The summed E-state index contributed by atoms with van der Waals surface area (Å²) in [4.78, 5) is 11.2. The molecule has 3 saturated heterocycles. The number of carbonyl (C=O) groups is 1. The fraction of sp³-hybridized carbons (Fsp3) is 0.917. The molecule has 0 aliphatic carbocycles. The first-order valence-electron chi connectivity index (χ1n) is 7.53. The van der Waals surface area contributed by atoms with E-state index in [1.807, 2.05) is 13.8 Å². The quantitative estimate of drug-likeness (QED) is 0.552. The van der Waals surface area contributed by atoms with E-state index in [1.165, 1.54) is 6.92 Å². The molecule has 0 aromatic rings. The highest BCUT2D eigenvalue weighted by Gasteiger charge is 2.58. The molecule has 3 aliphatic heterocycles. The molecule has 7 nitrogen and oxygen atoms in total. The van der Waals surface area contributed by atoms with Crippen molar-refractivity contribution in [1.29, 1.82) is 0 Å². The van der Waals surface area contributed by atoms with Crippen molar-refractivity contribution in [2.75, 3.05) is 6.61 Å². The Labute approximate surface area is 124 Å². The van der Waals surface area contributed by atoms with Gasteiger partial charge in [-0.05, 0) is 12.6 Å². The predicted molar refractivity (Wildman–Crippen MR) is 73.5 cm³/mol. The zero-order chi connectivity index (χ0) is 15.0. The highest BCUT2D eigenvalue weighted by atomic mass is 16.8. The maximum absolute atomic E-state index is 11.2. The Kier molecular flexibility index (Phi) is 4.56. The van der Waals surface area contributed by atoms with Crippen LogP contribution in [0.25, 0.3) is 0 Å². The van der Waals surface area contributed by atoms with Crippen LogP contribution in [0.4, 0.5) is 0 Å². The lowest BCUT2D eigenvalue weighted by atomic mass is 9.86. The van der Waals surface area contributed by atoms with Gasteiger partial charge in [-0.2, -0.15) is 0 Å². The molecule has 0 saturated carbocycles. The summed E-state index contributed by atoms with van der Waals surface area (Å²) in [7, 11) is -0.511. The summed E-state index contributed by atoms with van der Waals surface area (Å²) in [6, 6.07) is 0. The summed E-state index contributed by atoms with van der Waals surface area (Å²) in [5.74, 6) is -0.405. The fourth-order valence-electron chi connectivity index (χ4n) is 2.94. The van der Waals surface area contributed by atoms with Gasteiger partial charge in [-0.1, -0.05) is 13.8 Å². The molecule has 0 spiro atoms. The molecule has 116 valence electrons. The molecule has 5 atom stereocenters. The van der Waals surface area contributed by atoms with Gasteiger partial charge >= 0.3 is 20.2 Å². The number of hydrogen-bond acceptors (Lipinski definition) is 7. The van der Waals surface area contributed by atoms with Gasteiger partial charge in [-0.25, -0.2) is 0 Å². The highest BCUT2D eigenvalue weighted by Crippen LogP contribution is 2.37. The zero-order valence-electron chi connectivity index (χ0n) is 12.5. The Bertz CT molecular complexity index is 396. The van der Waals surface area contributed by atoms with Gasteiger partial charge < -0.3 is 28.1 Å². The molecule has 3 aliphatic rings. The average molecular weight is 298 g/mol. The summed E-state index contributed by atoms with van der Waals surface area (Å²) in [5, 5.41) is 0. The standard InChI is InChI=1S/C12H20B2O7/c1-4-13-16-6-8(19-13)9-10-11(21-14(5-2)20-10)12(18-9)17-7(3)15/h8-12H,4-6H2,1-3H3. The van der Waals surface area contributed by atoms with Crippen molar-refractivity contribution in [3.8, 4) is 0 Å². The third kappa shape index (κ3) is 2.98. The van der Waals surface area contributed by atoms with Gasteiger partial charge in [-0.15, -0.1) is 0 Å². The van der Waals surface area contributed by atoms with E-state index in [9.17, 15) is 4.79 Å². The molecule has 0 N–H and O–H groups in total. The maximum atomic E-state index is 11.2. The second-order valence-corrected chi connectivity index (χ2v) is 5.46. The molecule has 9 heteroatoms. The number of fused-ring (bicyclic) bond motifs is 1. The van der Waals surface area contributed by atoms with Crippen molar-refractivity contribution in [3.63, 3.8) is 0 Å². The molecule has 0 radical (unpaired) electrons. The first-order chi connectivity index (χ1) is 10.1. The maximum Gasteiger partial charge on any atom is 0.457 e. The summed E-state index contributed by atoms with van der Waals surface area (Å²) < 4.78 is 34.0. The van der Waals surface area contributed by atoms with Crippen molar-refractivity contribution < 1.29 is 32.9 Å². The molecule has 0 bridgehead atoms. The molecule has 5 unspecified atom stereocenters. The van der Waals surface area contributed by atoms with E-state index in [2.05, 4.69) is 0 Å². The smallest absolute Gasteiger partial charge is 0.433 e.